The van der Waals surface area contributed by atoms with Crippen LogP contribution < -0.4 is 0 Å². The number of hydrogen-bond acceptors (Lipinski definition) is 6. The molecular weight excluding hydrogens is 669 g/mol. The summed E-state index contributed by atoms with van der Waals surface area (Å²) in [6.45, 7) is 0. The van der Waals surface area contributed by atoms with E-state index in [4.69, 9.17) is 28.8 Å². The second kappa shape index (κ2) is 11.1. The maximum atomic E-state index is 6.56. The first-order chi connectivity index (χ1) is 26.8. The van der Waals surface area contributed by atoms with Crippen molar-refractivity contribution in [1.29, 1.82) is 0 Å². The molecule has 0 radical (unpaired) electrons. The minimum Gasteiger partial charge on any atom is -0.456 e. The Morgan fingerprint density at radius 3 is 2.02 bits per heavy atom. The lowest BCUT2D eigenvalue weighted by atomic mass is 10.00. The van der Waals surface area contributed by atoms with Crippen LogP contribution in [0.5, 0.6) is 0 Å². The Bertz CT molecular complexity index is 3310. The fraction of sp³-hybridized carbons (Fsp3) is 0.0435. The molecule has 6 aromatic carbocycles. The molecule has 1 aliphatic carbocycles. The lowest BCUT2D eigenvalue weighted by molar-refractivity contribution is 0.574. The van der Waals surface area contributed by atoms with Crippen molar-refractivity contribution in [3.63, 3.8) is 0 Å². The van der Waals surface area contributed by atoms with Crippen LogP contribution in [0.4, 0.5) is 0 Å². The first-order valence-corrected chi connectivity index (χ1v) is 18.1. The monoisotopic (exact) mass is 696 g/mol. The molecule has 54 heavy (non-hydrogen) atoms. The van der Waals surface area contributed by atoms with Crippen LogP contribution >= 0.6 is 0 Å². The molecule has 8 nitrogen and oxygen atoms in total. The third kappa shape index (κ3) is 4.13. The summed E-state index contributed by atoms with van der Waals surface area (Å²) in [5, 5.41) is 5.41. The molecule has 0 fully saturated rings. The van der Waals surface area contributed by atoms with Gasteiger partial charge in [0.2, 0.25) is 5.95 Å². The molecule has 254 valence electrons. The van der Waals surface area contributed by atoms with E-state index < -0.39 is 0 Å². The van der Waals surface area contributed by atoms with Crippen molar-refractivity contribution in [2.24, 2.45) is 0 Å². The van der Waals surface area contributed by atoms with E-state index in [2.05, 4.69) is 94.1 Å². The quantitative estimate of drug-likeness (QED) is 0.182. The maximum Gasteiger partial charge on any atom is 0.307 e. The number of fused-ring (bicyclic) bond motifs is 11. The largest absolute Gasteiger partial charge is 0.456 e. The molecular formula is C46H28N6O2. The molecule has 0 unspecified atom stereocenters. The van der Waals surface area contributed by atoms with Crippen LogP contribution in [-0.4, -0.2) is 29.1 Å². The average Bonchev–Trinajstić information content (AvgIpc) is 4.00. The highest BCUT2D eigenvalue weighted by Gasteiger charge is 2.26. The van der Waals surface area contributed by atoms with Crippen molar-refractivity contribution in [1.82, 2.24) is 29.1 Å². The van der Waals surface area contributed by atoms with Crippen LogP contribution in [-0.2, 0) is 6.42 Å². The molecule has 0 N–H and O–H groups in total. The SMILES string of the molecule is C1=Cc2oc3c(-c4nc(-c5ccccc5)nc(-n5c6ccccc6c6ccc7c8ccccc8n(-c8nc9ccccc9o8)c7c65)n4)cccc3c2CC1. The number of nitrogens with zero attached hydrogens (tertiary/aromatic N) is 6. The van der Waals surface area contributed by atoms with E-state index in [1.54, 1.807) is 0 Å². The molecule has 12 rings (SSSR count). The minimum atomic E-state index is 0.496. The van der Waals surface area contributed by atoms with Gasteiger partial charge in [-0.25, -0.2) is 4.98 Å². The molecule has 0 amide bonds. The minimum absolute atomic E-state index is 0.496. The number of aromatic nitrogens is 6. The molecule has 0 atom stereocenters. The fourth-order valence-electron chi connectivity index (χ4n) is 8.34. The maximum absolute atomic E-state index is 6.56. The third-order valence-electron chi connectivity index (χ3n) is 10.7. The van der Waals surface area contributed by atoms with Crippen LogP contribution in [0.2, 0.25) is 0 Å². The van der Waals surface area contributed by atoms with Crippen molar-refractivity contribution in [3.05, 3.63) is 151 Å². The number of aryl methyl sites for hydroxylation is 1. The number of benzene rings is 6. The Kier molecular flexibility index (Phi) is 6.01. The van der Waals surface area contributed by atoms with Crippen LogP contribution in [0.3, 0.4) is 0 Å². The molecule has 0 saturated heterocycles. The van der Waals surface area contributed by atoms with E-state index in [1.165, 1.54) is 5.56 Å². The summed E-state index contributed by atoms with van der Waals surface area (Å²) in [5.74, 6) is 2.51. The van der Waals surface area contributed by atoms with Crippen molar-refractivity contribution < 1.29 is 8.83 Å². The van der Waals surface area contributed by atoms with Crippen molar-refractivity contribution in [2.75, 3.05) is 0 Å². The third-order valence-corrected chi connectivity index (χ3v) is 10.7. The number of rotatable bonds is 4. The van der Waals surface area contributed by atoms with Gasteiger partial charge in [0.05, 0.1) is 27.6 Å². The molecule has 0 spiro atoms. The Hall–Kier alpha value is -7.32. The second-order valence-corrected chi connectivity index (χ2v) is 13.7. The smallest absolute Gasteiger partial charge is 0.307 e. The van der Waals surface area contributed by atoms with Gasteiger partial charge in [0.25, 0.3) is 0 Å². The second-order valence-electron chi connectivity index (χ2n) is 13.7. The van der Waals surface area contributed by atoms with Crippen molar-refractivity contribution >= 4 is 71.8 Å². The summed E-state index contributed by atoms with van der Waals surface area (Å²) in [4.78, 5) is 20.8. The molecule has 8 heteroatoms. The van der Waals surface area contributed by atoms with E-state index in [1.807, 2.05) is 60.7 Å². The zero-order valence-electron chi connectivity index (χ0n) is 28.8. The lowest BCUT2D eigenvalue weighted by Crippen LogP contribution is -2.07. The number of hydrogen-bond donors (Lipinski definition) is 0. The van der Waals surface area contributed by atoms with Gasteiger partial charge >= 0.3 is 6.01 Å². The van der Waals surface area contributed by atoms with Crippen molar-refractivity contribution in [2.45, 2.75) is 12.8 Å². The Morgan fingerprint density at radius 2 is 1.20 bits per heavy atom. The van der Waals surface area contributed by atoms with Crippen LogP contribution in [0.15, 0.2) is 148 Å². The highest BCUT2D eigenvalue weighted by atomic mass is 16.4. The lowest BCUT2D eigenvalue weighted by Gasteiger charge is -2.12. The molecule has 11 aromatic rings. The van der Waals surface area contributed by atoms with Gasteiger partial charge in [0, 0.05) is 38.1 Å². The van der Waals surface area contributed by atoms with Gasteiger partial charge in [-0.1, -0.05) is 109 Å². The topological polar surface area (TPSA) is 87.7 Å². The zero-order chi connectivity index (χ0) is 35.3. The van der Waals surface area contributed by atoms with E-state index in [9.17, 15) is 0 Å². The number of allylic oxidation sites excluding steroid dienone is 1. The summed E-state index contributed by atoms with van der Waals surface area (Å²) >= 11 is 0. The summed E-state index contributed by atoms with van der Waals surface area (Å²) in [6, 6.07) is 46.0. The normalized spacial score (nSPS) is 13.0. The molecule has 1 aliphatic rings. The molecule has 5 aromatic heterocycles. The predicted octanol–water partition coefficient (Wildman–Crippen LogP) is 11.2. The van der Waals surface area contributed by atoms with Crippen LogP contribution in [0, 0.1) is 0 Å². The summed E-state index contributed by atoms with van der Waals surface area (Å²) in [5.41, 5.74) is 9.11. The van der Waals surface area contributed by atoms with E-state index >= 15 is 0 Å². The van der Waals surface area contributed by atoms with E-state index in [-0.39, 0.29) is 0 Å². The van der Waals surface area contributed by atoms with Gasteiger partial charge in [-0.2, -0.15) is 15.0 Å². The van der Waals surface area contributed by atoms with Crippen LogP contribution in [0.25, 0.3) is 106 Å². The molecule has 0 saturated carbocycles. The zero-order valence-corrected chi connectivity index (χ0v) is 28.8. The first-order valence-electron chi connectivity index (χ1n) is 18.1. The molecule has 0 aliphatic heterocycles. The van der Waals surface area contributed by atoms with Crippen molar-refractivity contribution in [3.8, 4) is 34.7 Å². The fourth-order valence-corrected chi connectivity index (χ4v) is 8.34. The van der Waals surface area contributed by atoms with Gasteiger partial charge in [0.15, 0.2) is 17.2 Å². The summed E-state index contributed by atoms with van der Waals surface area (Å²) in [7, 11) is 0. The van der Waals surface area contributed by atoms with E-state index in [0.717, 1.165) is 95.4 Å². The first kappa shape index (κ1) is 29.3. The number of oxazole rings is 1. The van der Waals surface area contributed by atoms with Gasteiger partial charge in [-0.15, -0.1) is 0 Å². The molecule has 5 heterocycles. The average molecular weight is 697 g/mol. The number of para-hydroxylation sites is 5. The Morgan fingerprint density at radius 1 is 0.519 bits per heavy atom. The Labute approximate surface area is 307 Å². The van der Waals surface area contributed by atoms with Gasteiger partial charge in [0.1, 0.15) is 16.9 Å². The van der Waals surface area contributed by atoms with Gasteiger partial charge < -0.3 is 8.83 Å². The summed E-state index contributed by atoms with van der Waals surface area (Å²) < 4.78 is 17.4. The highest BCUT2D eigenvalue weighted by Crippen LogP contribution is 2.42. The standard InChI is InChI=1S/C46H28N6O2/c1-2-13-27(14-3-1)43-48-44(34-19-12-18-33-30-17-6-10-23-38(30)53-42(33)34)50-45(49-43)51-36-21-8-4-15-28(36)31-25-26-32-29-16-5-9-22-37(29)52(41(32)40(31)51)46-47-35-20-7-11-24-39(35)54-46/h1-5,7-16,18-26H,6,17H2. The van der Waals surface area contributed by atoms with Gasteiger partial charge in [-0.3, -0.25) is 9.13 Å². The molecule has 0 bridgehead atoms. The van der Waals surface area contributed by atoms with Gasteiger partial charge in [-0.05, 0) is 49.2 Å². The van der Waals surface area contributed by atoms with E-state index in [0.29, 0.717) is 23.6 Å². The number of furan rings is 1. The highest BCUT2D eigenvalue weighted by molar-refractivity contribution is 6.23. The van der Waals surface area contributed by atoms with Crippen LogP contribution in [0.1, 0.15) is 17.7 Å². The predicted molar refractivity (Wildman–Crippen MR) is 214 cm³/mol. The summed E-state index contributed by atoms with van der Waals surface area (Å²) in [6.07, 6.45) is 6.17. The Balaban J connectivity index is 1.23.